The minimum absolute atomic E-state index is 0.0189. The Morgan fingerprint density at radius 3 is 2.00 bits per heavy atom. The lowest BCUT2D eigenvalue weighted by Crippen LogP contribution is -2.02. The van der Waals surface area contributed by atoms with Crippen molar-refractivity contribution in [3.8, 4) is 17.2 Å². The van der Waals surface area contributed by atoms with Gasteiger partial charge in [-0.15, -0.1) is 0 Å². The van der Waals surface area contributed by atoms with E-state index in [2.05, 4.69) is 24.3 Å². The maximum atomic E-state index is 13.1. The van der Waals surface area contributed by atoms with Crippen molar-refractivity contribution in [2.75, 3.05) is 21.3 Å². The van der Waals surface area contributed by atoms with Gasteiger partial charge in [0.15, 0.2) is 23.0 Å². The molecular formula is C30H24O7. The first-order chi connectivity index (χ1) is 18.0. The van der Waals surface area contributed by atoms with Gasteiger partial charge in [-0.2, -0.15) is 0 Å². The smallest absolute Gasteiger partial charge is 0.348 e. The first-order valence-electron chi connectivity index (χ1n) is 11.5. The van der Waals surface area contributed by atoms with E-state index in [0.29, 0.717) is 28.4 Å². The molecule has 0 amide bonds. The molecule has 0 aliphatic carbocycles. The van der Waals surface area contributed by atoms with Gasteiger partial charge in [0.05, 0.1) is 21.3 Å². The van der Waals surface area contributed by atoms with E-state index in [1.54, 1.807) is 12.1 Å². The zero-order valence-electron chi connectivity index (χ0n) is 20.8. The molecule has 0 saturated carbocycles. The van der Waals surface area contributed by atoms with Crippen molar-refractivity contribution < 1.29 is 33.3 Å². The molecule has 7 nitrogen and oxygen atoms in total. The van der Waals surface area contributed by atoms with Crippen LogP contribution in [0.1, 0.15) is 18.1 Å². The number of carbonyl (C=O) groups is 2. The average molecular weight is 497 g/mol. The summed E-state index contributed by atoms with van der Waals surface area (Å²) in [5.41, 5.74) is 1.93. The van der Waals surface area contributed by atoms with Crippen LogP contribution >= 0.6 is 0 Å². The van der Waals surface area contributed by atoms with E-state index in [9.17, 15) is 9.59 Å². The average Bonchev–Trinajstić information content (AvgIpc) is 3.25. The third-order valence-electron chi connectivity index (χ3n) is 6.43. The highest BCUT2D eigenvalue weighted by Gasteiger charge is 2.36. The lowest BCUT2D eigenvalue weighted by molar-refractivity contribution is -0.131. The van der Waals surface area contributed by atoms with Gasteiger partial charge in [0.2, 0.25) is 5.75 Å². The Morgan fingerprint density at radius 1 is 0.784 bits per heavy atom. The fraction of sp³-hybridized carbons (Fsp3) is 0.133. The number of carbonyl (C=O) groups excluding carboxylic acids is 2. The van der Waals surface area contributed by atoms with E-state index >= 15 is 0 Å². The summed E-state index contributed by atoms with van der Waals surface area (Å²) in [6.07, 6.45) is 0. The van der Waals surface area contributed by atoms with Crippen LogP contribution in [-0.4, -0.2) is 33.8 Å². The highest BCUT2D eigenvalue weighted by Crippen LogP contribution is 2.44. The molecule has 0 bridgehead atoms. The molecule has 0 N–H and O–H groups in total. The standard InChI is InChI=1S/C30H24O7/c1-17(18-9-10-21-12-19-7-5-6-8-20(19)13-22(21)11-18)27-29(36-16-31)26(30(32)37-27)23-14-24(33-2)28(35-4)25(15-23)34-3/h5-16H,1-4H3/b27-17-. The number of cyclic esters (lactones) is 1. The summed E-state index contributed by atoms with van der Waals surface area (Å²) in [5, 5.41) is 4.40. The Balaban J connectivity index is 1.67. The van der Waals surface area contributed by atoms with Gasteiger partial charge in [-0.1, -0.05) is 36.4 Å². The van der Waals surface area contributed by atoms with Gasteiger partial charge in [0.25, 0.3) is 6.47 Å². The number of benzene rings is 4. The van der Waals surface area contributed by atoms with Crippen molar-refractivity contribution in [3.63, 3.8) is 0 Å². The molecular weight excluding hydrogens is 472 g/mol. The Bertz CT molecular complexity index is 1600. The van der Waals surface area contributed by atoms with Crippen LogP contribution in [0.2, 0.25) is 0 Å². The molecule has 5 rings (SSSR count). The summed E-state index contributed by atoms with van der Waals surface area (Å²) in [5.74, 6) is 0.588. The summed E-state index contributed by atoms with van der Waals surface area (Å²) in [7, 11) is 4.44. The maximum Gasteiger partial charge on any atom is 0.348 e. The zero-order chi connectivity index (χ0) is 26.1. The van der Waals surface area contributed by atoms with E-state index in [-0.39, 0.29) is 23.6 Å². The number of methoxy groups -OCH3 is 3. The van der Waals surface area contributed by atoms with E-state index in [1.165, 1.54) is 21.3 Å². The molecule has 0 unspecified atom stereocenters. The molecule has 1 heterocycles. The summed E-state index contributed by atoms with van der Waals surface area (Å²) in [4.78, 5) is 24.6. The molecule has 0 saturated heterocycles. The molecule has 1 aliphatic heterocycles. The predicted molar refractivity (Wildman–Crippen MR) is 140 cm³/mol. The van der Waals surface area contributed by atoms with E-state index in [4.69, 9.17) is 23.7 Å². The summed E-state index contributed by atoms with van der Waals surface area (Å²) in [6, 6.07) is 21.6. The monoisotopic (exact) mass is 496 g/mol. The minimum Gasteiger partial charge on any atom is -0.493 e. The van der Waals surface area contributed by atoms with Crippen molar-refractivity contribution in [2.24, 2.45) is 0 Å². The van der Waals surface area contributed by atoms with Crippen molar-refractivity contribution in [1.82, 2.24) is 0 Å². The lowest BCUT2D eigenvalue weighted by atomic mass is 9.97. The second-order valence-corrected chi connectivity index (χ2v) is 8.44. The molecule has 7 heteroatoms. The predicted octanol–water partition coefficient (Wildman–Crippen LogP) is 5.89. The first kappa shape index (κ1) is 23.9. The Morgan fingerprint density at radius 2 is 1.41 bits per heavy atom. The van der Waals surface area contributed by atoms with Gasteiger partial charge in [-0.05, 0) is 64.4 Å². The highest BCUT2D eigenvalue weighted by atomic mass is 16.6. The van der Waals surface area contributed by atoms with E-state index < -0.39 is 5.97 Å². The Hall–Kier alpha value is -4.78. The molecule has 4 aromatic rings. The minimum atomic E-state index is -0.660. The third-order valence-corrected chi connectivity index (χ3v) is 6.43. The van der Waals surface area contributed by atoms with Crippen LogP contribution in [0.25, 0.3) is 32.7 Å². The van der Waals surface area contributed by atoms with Crippen LogP contribution in [0.15, 0.2) is 78.2 Å². The zero-order valence-corrected chi connectivity index (χ0v) is 20.8. The molecule has 1 aliphatic rings. The van der Waals surface area contributed by atoms with Gasteiger partial charge in [-0.3, -0.25) is 4.79 Å². The normalized spacial score (nSPS) is 14.5. The molecule has 0 fully saturated rings. The largest absolute Gasteiger partial charge is 0.493 e. The van der Waals surface area contributed by atoms with Crippen LogP contribution < -0.4 is 14.2 Å². The van der Waals surface area contributed by atoms with Crippen molar-refractivity contribution in [3.05, 3.63) is 89.4 Å². The Kier molecular flexibility index (Phi) is 6.27. The van der Waals surface area contributed by atoms with Crippen LogP contribution in [0.4, 0.5) is 0 Å². The van der Waals surface area contributed by atoms with E-state index in [1.807, 2.05) is 37.3 Å². The summed E-state index contributed by atoms with van der Waals surface area (Å²) >= 11 is 0. The molecule has 186 valence electrons. The van der Waals surface area contributed by atoms with Gasteiger partial charge in [0.1, 0.15) is 5.57 Å². The van der Waals surface area contributed by atoms with Crippen LogP contribution in [0, 0.1) is 0 Å². The van der Waals surface area contributed by atoms with Crippen LogP contribution in [0.3, 0.4) is 0 Å². The van der Waals surface area contributed by atoms with Gasteiger partial charge < -0.3 is 23.7 Å². The SMILES string of the molecule is COc1cc(C2=C(OC=O)/C(=C(\C)c3ccc4cc5ccccc5cc4c3)OC2=O)cc(OC)c1OC. The van der Waals surface area contributed by atoms with Crippen molar-refractivity contribution in [2.45, 2.75) is 6.92 Å². The molecule has 4 aromatic carbocycles. The highest BCUT2D eigenvalue weighted by molar-refractivity contribution is 6.21. The van der Waals surface area contributed by atoms with Crippen LogP contribution in [0.5, 0.6) is 17.2 Å². The molecule has 0 aromatic heterocycles. The Labute approximate surface area is 213 Å². The molecule has 0 spiro atoms. The number of esters is 1. The second kappa shape index (κ2) is 9.70. The first-order valence-corrected chi connectivity index (χ1v) is 11.5. The molecule has 0 atom stereocenters. The number of ether oxygens (including phenoxy) is 5. The maximum absolute atomic E-state index is 13.1. The number of allylic oxidation sites excluding steroid dienone is 1. The van der Waals surface area contributed by atoms with Gasteiger partial charge >= 0.3 is 5.97 Å². The summed E-state index contributed by atoms with van der Waals surface area (Å²) in [6.45, 7) is 2.09. The van der Waals surface area contributed by atoms with Crippen LogP contribution in [-0.2, 0) is 19.1 Å². The van der Waals surface area contributed by atoms with Crippen molar-refractivity contribution in [1.29, 1.82) is 0 Å². The van der Waals surface area contributed by atoms with Crippen molar-refractivity contribution >= 4 is 45.1 Å². The van der Waals surface area contributed by atoms with E-state index in [0.717, 1.165) is 27.1 Å². The third kappa shape index (κ3) is 4.14. The lowest BCUT2D eigenvalue weighted by Gasteiger charge is -2.14. The summed E-state index contributed by atoms with van der Waals surface area (Å²) < 4.78 is 27.2. The second-order valence-electron chi connectivity index (χ2n) is 8.44. The number of fused-ring (bicyclic) bond motifs is 2. The number of hydrogen-bond acceptors (Lipinski definition) is 7. The quantitative estimate of drug-likeness (QED) is 0.179. The molecule has 37 heavy (non-hydrogen) atoms. The topological polar surface area (TPSA) is 80.3 Å². The van der Waals surface area contributed by atoms with Gasteiger partial charge in [-0.25, -0.2) is 4.79 Å². The van der Waals surface area contributed by atoms with Gasteiger partial charge in [0, 0.05) is 11.1 Å². The fourth-order valence-corrected chi connectivity index (χ4v) is 4.58. The number of rotatable bonds is 7. The number of hydrogen-bond donors (Lipinski definition) is 0. The fourth-order valence-electron chi connectivity index (χ4n) is 4.58. The molecule has 0 radical (unpaired) electrons.